The number of ether oxygens (including phenoxy) is 1. The minimum absolute atomic E-state index is 0.0519. The van der Waals surface area contributed by atoms with Gasteiger partial charge in [-0.1, -0.05) is 72.8 Å². The number of carbonyl (C=O) groups is 2. The number of para-hydroxylation sites is 1. The number of amides is 1. The third kappa shape index (κ3) is 5.59. The topological polar surface area (TPSA) is 81.4 Å². The molecule has 8 heteroatoms. The number of hydrogen-bond donors (Lipinski definition) is 1. The number of hydrogen-bond acceptors (Lipinski definition) is 5. The third-order valence-electron chi connectivity index (χ3n) is 7.70. The van der Waals surface area contributed by atoms with Crippen LogP contribution in [0.5, 0.6) is 0 Å². The van der Waals surface area contributed by atoms with E-state index in [4.69, 9.17) is 4.74 Å². The lowest BCUT2D eigenvalue weighted by Gasteiger charge is -2.27. The van der Waals surface area contributed by atoms with Crippen molar-refractivity contribution in [2.45, 2.75) is 32.5 Å². The molecule has 0 unspecified atom stereocenters. The molecule has 1 atom stereocenters. The standard InChI is InChI=1S/C33H33N5O3/c1-23-10-6-7-13-25(23)18-37-19-26(22-41-33(40)28-20-36(2)29-15-9-8-14-27(28)29)34-32(39)31-30(37)21-38(35-31)17-16-24-11-4-3-5-12-24/h3-15,20-21,26H,16-19,22H2,1-2H3,(H,34,39)/t26-/m1/s1. The molecule has 0 bridgehead atoms. The van der Waals surface area contributed by atoms with Gasteiger partial charge in [-0.05, 0) is 36.1 Å². The summed E-state index contributed by atoms with van der Waals surface area (Å²) in [4.78, 5) is 28.7. The first-order valence-corrected chi connectivity index (χ1v) is 13.9. The lowest BCUT2D eigenvalue weighted by Crippen LogP contribution is -2.44. The summed E-state index contributed by atoms with van der Waals surface area (Å²) in [7, 11) is 1.91. The van der Waals surface area contributed by atoms with Crippen molar-refractivity contribution in [2.75, 3.05) is 18.1 Å². The van der Waals surface area contributed by atoms with Gasteiger partial charge >= 0.3 is 5.97 Å². The van der Waals surface area contributed by atoms with Crippen LogP contribution in [0, 0.1) is 6.92 Å². The molecule has 0 spiro atoms. The Bertz CT molecular complexity index is 1700. The second-order valence-corrected chi connectivity index (χ2v) is 10.6. The second-order valence-electron chi connectivity index (χ2n) is 10.6. The van der Waals surface area contributed by atoms with Crippen LogP contribution in [0.1, 0.15) is 37.5 Å². The Balaban J connectivity index is 1.22. The van der Waals surface area contributed by atoms with Crippen LogP contribution in [0.25, 0.3) is 10.9 Å². The zero-order valence-corrected chi connectivity index (χ0v) is 23.3. The average Bonchev–Trinajstić information content (AvgIpc) is 3.54. The number of fused-ring (bicyclic) bond motifs is 2. The third-order valence-corrected chi connectivity index (χ3v) is 7.70. The van der Waals surface area contributed by atoms with Gasteiger partial charge in [0.1, 0.15) is 6.61 Å². The van der Waals surface area contributed by atoms with Crippen molar-refractivity contribution < 1.29 is 14.3 Å². The maximum atomic E-state index is 13.4. The van der Waals surface area contributed by atoms with Crippen molar-refractivity contribution in [3.63, 3.8) is 0 Å². The van der Waals surface area contributed by atoms with Crippen molar-refractivity contribution in [1.82, 2.24) is 19.7 Å². The van der Waals surface area contributed by atoms with Gasteiger partial charge in [-0.2, -0.15) is 5.10 Å². The number of benzene rings is 3. The molecule has 2 aromatic heterocycles. The fraction of sp³-hybridized carbons (Fsp3) is 0.242. The zero-order chi connectivity index (χ0) is 28.3. The van der Waals surface area contributed by atoms with Gasteiger partial charge in [-0.25, -0.2) is 4.79 Å². The molecule has 0 radical (unpaired) electrons. The summed E-state index contributed by atoms with van der Waals surface area (Å²) < 4.78 is 9.55. The van der Waals surface area contributed by atoms with Crippen molar-refractivity contribution in [3.8, 4) is 0 Å². The molecular formula is C33H33N5O3. The van der Waals surface area contributed by atoms with Crippen LogP contribution in [-0.2, 0) is 31.3 Å². The summed E-state index contributed by atoms with van der Waals surface area (Å²) in [5, 5.41) is 8.59. The largest absolute Gasteiger partial charge is 0.460 e. The highest BCUT2D eigenvalue weighted by atomic mass is 16.5. The average molecular weight is 548 g/mol. The quantitative estimate of drug-likeness (QED) is 0.280. The van der Waals surface area contributed by atoms with Gasteiger partial charge < -0.3 is 19.5 Å². The molecule has 41 heavy (non-hydrogen) atoms. The van der Waals surface area contributed by atoms with Gasteiger partial charge in [0.2, 0.25) is 0 Å². The number of esters is 1. The van der Waals surface area contributed by atoms with Gasteiger partial charge in [0, 0.05) is 50.0 Å². The van der Waals surface area contributed by atoms with Crippen LogP contribution in [0.3, 0.4) is 0 Å². The summed E-state index contributed by atoms with van der Waals surface area (Å²) in [6.07, 6.45) is 4.56. The highest BCUT2D eigenvalue weighted by molar-refractivity contribution is 6.04. The van der Waals surface area contributed by atoms with E-state index in [2.05, 4.69) is 46.5 Å². The van der Waals surface area contributed by atoms with Crippen LogP contribution in [0.15, 0.2) is 91.3 Å². The normalized spacial score (nSPS) is 14.9. The highest BCUT2D eigenvalue weighted by Gasteiger charge is 2.31. The summed E-state index contributed by atoms with van der Waals surface area (Å²) >= 11 is 0. The number of nitrogens with zero attached hydrogens (tertiary/aromatic N) is 4. The molecule has 8 nitrogen and oxygen atoms in total. The maximum absolute atomic E-state index is 13.4. The Morgan fingerprint density at radius 3 is 2.59 bits per heavy atom. The van der Waals surface area contributed by atoms with Gasteiger partial charge in [-0.15, -0.1) is 0 Å². The Morgan fingerprint density at radius 1 is 1.00 bits per heavy atom. The molecule has 3 aromatic carbocycles. The Hall–Kier alpha value is -4.85. The van der Waals surface area contributed by atoms with Crippen molar-refractivity contribution in [2.24, 2.45) is 7.05 Å². The highest BCUT2D eigenvalue weighted by Crippen LogP contribution is 2.27. The molecule has 0 fully saturated rings. The molecule has 3 heterocycles. The zero-order valence-electron chi connectivity index (χ0n) is 23.3. The molecule has 0 aliphatic carbocycles. The molecule has 1 N–H and O–H groups in total. The van der Waals surface area contributed by atoms with Crippen molar-refractivity contribution in [3.05, 3.63) is 119 Å². The van der Waals surface area contributed by atoms with E-state index in [1.54, 1.807) is 6.20 Å². The predicted molar refractivity (Wildman–Crippen MR) is 159 cm³/mol. The van der Waals surface area contributed by atoms with Crippen LogP contribution in [-0.4, -0.2) is 45.4 Å². The second kappa shape index (κ2) is 11.3. The van der Waals surface area contributed by atoms with Gasteiger partial charge in [0.05, 0.1) is 17.3 Å². The minimum atomic E-state index is -0.408. The first-order chi connectivity index (χ1) is 20.0. The molecule has 0 saturated heterocycles. The molecule has 6 rings (SSSR count). The molecule has 1 aliphatic rings. The fourth-order valence-electron chi connectivity index (χ4n) is 5.47. The lowest BCUT2D eigenvalue weighted by molar-refractivity contribution is 0.0462. The van der Waals surface area contributed by atoms with Crippen LogP contribution < -0.4 is 10.2 Å². The Labute approximate surface area is 239 Å². The smallest absolute Gasteiger partial charge is 0.340 e. The monoisotopic (exact) mass is 547 g/mol. The van der Waals surface area contributed by atoms with Gasteiger partial charge in [0.15, 0.2) is 5.69 Å². The predicted octanol–water partition coefficient (Wildman–Crippen LogP) is 4.90. The van der Waals surface area contributed by atoms with E-state index in [-0.39, 0.29) is 12.5 Å². The molecule has 1 amide bonds. The first kappa shape index (κ1) is 26.4. The van der Waals surface area contributed by atoms with E-state index in [9.17, 15) is 9.59 Å². The molecule has 5 aromatic rings. The number of nitrogens with one attached hydrogen (secondary N) is 1. The van der Waals surface area contributed by atoms with Crippen molar-refractivity contribution >= 4 is 28.5 Å². The summed E-state index contributed by atoms with van der Waals surface area (Å²) in [5.74, 6) is -0.674. The van der Waals surface area contributed by atoms with Crippen LogP contribution >= 0.6 is 0 Å². The number of aryl methyl sites for hydroxylation is 4. The number of anilines is 1. The fourth-order valence-corrected chi connectivity index (χ4v) is 5.47. The van der Waals surface area contributed by atoms with E-state index in [1.807, 2.05) is 77.1 Å². The van der Waals surface area contributed by atoms with E-state index in [0.717, 1.165) is 28.6 Å². The molecule has 1 aliphatic heterocycles. The van der Waals surface area contributed by atoms with E-state index in [1.165, 1.54) is 11.1 Å². The Kier molecular flexibility index (Phi) is 7.29. The van der Waals surface area contributed by atoms with Gasteiger partial charge in [0.25, 0.3) is 5.91 Å². The lowest BCUT2D eigenvalue weighted by atomic mass is 10.1. The van der Waals surface area contributed by atoms with E-state index < -0.39 is 12.0 Å². The first-order valence-electron chi connectivity index (χ1n) is 13.9. The van der Waals surface area contributed by atoms with Crippen LogP contribution in [0.2, 0.25) is 0 Å². The maximum Gasteiger partial charge on any atom is 0.340 e. The minimum Gasteiger partial charge on any atom is -0.460 e. The van der Waals surface area contributed by atoms with Crippen LogP contribution in [0.4, 0.5) is 5.69 Å². The molecular weight excluding hydrogens is 514 g/mol. The number of rotatable bonds is 8. The SMILES string of the molecule is Cc1ccccc1CN1C[C@H](COC(=O)c2cn(C)c3ccccc23)NC(=O)c2nn(CCc3ccccc3)cc21. The summed E-state index contributed by atoms with van der Waals surface area (Å²) in [6.45, 7) is 3.88. The summed E-state index contributed by atoms with van der Waals surface area (Å²) in [6, 6.07) is 25.8. The van der Waals surface area contributed by atoms with Crippen molar-refractivity contribution in [1.29, 1.82) is 0 Å². The van der Waals surface area contributed by atoms with E-state index in [0.29, 0.717) is 30.9 Å². The molecule has 208 valence electrons. The number of carbonyl (C=O) groups excluding carboxylic acids is 2. The Morgan fingerprint density at radius 2 is 1.76 bits per heavy atom. The molecule has 0 saturated carbocycles. The summed E-state index contributed by atoms with van der Waals surface area (Å²) in [5.41, 5.74) is 6.19. The number of aromatic nitrogens is 3. The van der Waals surface area contributed by atoms with E-state index >= 15 is 0 Å². The van der Waals surface area contributed by atoms with Gasteiger partial charge in [-0.3, -0.25) is 9.48 Å².